The molecule has 0 aliphatic heterocycles. The first-order valence-corrected chi connectivity index (χ1v) is 6.55. The zero-order valence-electron chi connectivity index (χ0n) is 11.1. The number of rotatable bonds is 6. The molecule has 1 N–H and O–H groups in total. The van der Waals surface area contributed by atoms with E-state index < -0.39 is 0 Å². The number of halogens is 1. The molecule has 0 bridgehead atoms. The summed E-state index contributed by atoms with van der Waals surface area (Å²) >= 11 is 5.99. The van der Waals surface area contributed by atoms with Crippen molar-refractivity contribution in [3.05, 3.63) is 40.9 Å². The molecule has 1 aromatic heterocycles. The summed E-state index contributed by atoms with van der Waals surface area (Å²) in [5.41, 5.74) is 1.03. The molecule has 6 heteroatoms. The molecule has 0 fully saturated rings. The maximum absolute atomic E-state index is 5.99. The molecule has 0 unspecified atom stereocenters. The SMILES string of the molecule is CCn1ncnc1COc1ccc(Cl)cc1CNC. The third-order valence-electron chi connectivity index (χ3n) is 2.74. The third-order valence-corrected chi connectivity index (χ3v) is 2.98. The van der Waals surface area contributed by atoms with Crippen molar-refractivity contribution in [1.82, 2.24) is 20.1 Å². The summed E-state index contributed by atoms with van der Waals surface area (Å²) in [7, 11) is 1.89. The Morgan fingerprint density at radius 3 is 3.00 bits per heavy atom. The molecule has 0 radical (unpaired) electrons. The first-order chi connectivity index (χ1) is 9.24. The molecule has 0 atom stereocenters. The minimum atomic E-state index is 0.395. The summed E-state index contributed by atoms with van der Waals surface area (Å²) in [5, 5.41) is 7.91. The first kappa shape index (κ1) is 13.8. The maximum Gasteiger partial charge on any atom is 0.164 e. The van der Waals surface area contributed by atoms with E-state index in [1.807, 2.05) is 36.9 Å². The average molecular weight is 281 g/mol. The van der Waals surface area contributed by atoms with Gasteiger partial charge in [-0.25, -0.2) is 9.67 Å². The monoisotopic (exact) mass is 280 g/mol. The lowest BCUT2D eigenvalue weighted by atomic mass is 10.2. The average Bonchev–Trinajstić information content (AvgIpc) is 2.85. The van der Waals surface area contributed by atoms with Crippen LogP contribution in [0.4, 0.5) is 0 Å². The highest BCUT2D eigenvalue weighted by Crippen LogP contribution is 2.23. The number of nitrogens with one attached hydrogen (secondary N) is 1. The predicted molar refractivity (Wildman–Crippen MR) is 74.2 cm³/mol. The highest BCUT2D eigenvalue weighted by Gasteiger charge is 2.07. The molecule has 0 aliphatic rings. The van der Waals surface area contributed by atoms with Gasteiger partial charge in [0.25, 0.3) is 0 Å². The lowest BCUT2D eigenvalue weighted by Crippen LogP contribution is -2.10. The molecule has 102 valence electrons. The van der Waals surface area contributed by atoms with Gasteiger partial charge in [0.15, 0.2) is 5.82 Å². The molecule has 5 nitrogen and oxygen atoms in total. The van der Waals surface area contributed by atoms with Crippen LogP contribution in [0.5, 0.6) is 5.75 Å². The Bertz CT molecular complexity index is 541. The van der Waals surface area contributed by atoms with E-state index in [-0.39, 0.29) is 0 Å². The molecule has 1 aromatic carbocycles. The van der Waals surface area contributed by atoms with Crippen molar-refractivity contribution in [2.75, 3.05) is 7.05 Å². The molecule has 0 aliphatic carbocycles. The molecular formula is C13H17ClN4O. The van der Waals surface area contributed by atoms with E-state index in [4.69, 9.17) is 16.3 Å². The Balaban J connectivity index is 2.10. The lowest BCUT2D eigenvalue weighted by molar-refractivity contribution is 0.284. The molecule has 2 aromatic rings. The second-order valence-corrected chi connectivity index (χ2v) is 4.50. The summed E-state index contributed by atoms with van der Waals surface area (Å²) in [6, 6.07) is 5.60. The van der Waals surface area contributed by atoms with Crippen LogP contribution in [0.2, 0.25) is 5.02 Å². The standard InChI is InChI=1S/C13H17ClN4O/c1-3-18-13(16-9-17-18)8-19-12-5-4-11(14)6-10(12)7-15-2/h4-6,9,15H,3,7-8H2,1-2H3. The van der Waals surface area contributed by atoms with Crippen LogP contribution < -0.4 is 10.1 Å². The summed E-state index contributed by atoms with van der Waals surface area (Å²) in [6.07, 6.45) is 1.54. The summed E-state index contributed by atoms with van der Waals surface area (Å²) in [5.74, 6) is 1.62. The highest BCUT2D eigenvalue weighted by atomic mass is 35.5. The topological polar surface area (TPSA) is 52.0 Å². The highest BCUT2D eigenvalue weighted by molar-refractivity contribution is 6.30. The van der Waals surface area contributed by atoms with Gasteiger partial charge >= 0.3 is 0 Å². The Morgan fingerprint density at radius 2 is 2.26 bits per heavy atom. The van der Waals surface area contributed by atoms with Gasteiger partial charge in [-0.3, -0.25) is 0 Å². The largest absolute Gasteiger partial charge is 0.485 e. The van der Waals surface area contributed by atoms with Gasteiger partial charge in [-0.15, -0.1) is 0 Å². The number of hydrogen-bond acceptors (Lipinski definition) is 4. The zero-order chi connectivity index (χ0) is 13.7. The van der Waals surface area contributed by atoms with E-state index in [2.05, 4.69) is 15.4 Å². The van der Waals surface area contributed by atoms with Crippen LogP contribution in [0.3, 0.4) is 0 Å². The van der Waals surface area contributed by atoms with E-state index in [1.165, 1.54) is 0 Å². The molecule has 19 heavy (non-hydrogen) atoms. The summed E-state index contributed by atoms with van der Waals surface area (Å²) in [4.78, 5) is 4.18. The van der Waals surface area contributed by atoms with E-state index in [0.29, 0.717) is 18.2 Å². The number of ether oxygens (including phenoxy) is 1. The van der Waals surface area contributed by atoms with Gasteiger partial charge < -0.3 is 10.1 Å². The molecule has 0 spiro atoms. The van der Waals surface area contributed by atoms with Crippen molar-refractivity contribution >= 4 is 11.6 Å². The first-order valence-electron chi connectivity index (χ1n) is 6.17. The predicted octanol–water partition coefficient (Wildman–Crippen LogP) is 2.25. The molecule has 0 saturated carbocycles. The lowest BCUT2D eigenvalue weighted by Gasteiger charge is -2.11. The number of aromatic nitrogens is 3. The Labute approximate surface area is 117 Å². The molecular weight excluding hydrogens is 264 g/mol. The molecule has 0 amide bonds. The minimum absolute atomic E-state index is 0.395. The van der Waals surface area contributed by atoms with E-state index in [0.717, 1.165) is 23.7 Å². The fourth-order valence-corrected chi connectivity index (χ4v) is 2.02. The Morgan fingerprint density at radius 1 is 1.42 bits per heavy atom. The van der Waals surface area contributed by atoms with Crippen LogP contribution in [0, 0.1) is 0 Å². The van der Waals surface area contributed by atoms with Crippen molar-refractivity contribution in [3.8, 4) is 5.75 Å². The fraction of sp³-hybridized carbons (Fsp3) is 0.385. The van der Waals surface area contributed by atoms with Crippen molar-refractivity contribution in [3.63, 3.8) is 0 Å². The summed E-state index contributed by atoms with van der Waals surface area (Å²) < 4.78 is 7.62. The third kappa shape index (κ3) is 3.45. The van der Waals surface area contributed by atoms with Crippen molar-refractivity contribution in [2.24, 2.45) is 0 Å². The van der Waals surface area contributed by atoms with E-state index >= 15 is 0 Å². The number of aryl methyl sites for hydroxylation is 1. The van der Waals surface area contributed by atoms with Crippen molar-refractivity contribution in [2.45, 2.75) is 26.6 Å². The van der Waals surface area contributed by atoms with Gasteiger partial charge in [0.1, 0.15) is 18.7 Å². The Hall–Kier alpha value is -1.59. The quantitative estimate of drug-likeness (QED) is 0.882. The molecule has 2 rings (SSSR count). The summed E-state index contributed by atoms with van der Waals surface area (Å²) in [6.45, 7) is 3.90. The van der Waals surface area contributed by atoms with Crippen molar-refractivity contribution in [1.29, 1.82) is 0 Å². The fourth-order valence-electron chi connectivity index (χ4n) is 1.82. The van der Waals surface area contributed by atoms with Gasteiger partial charge in [0, 0.05) is 23.7 Å². The Kier molecular flexibility index (Phi) is 4.76. The zero-order valence-corrected chi connectivity index (χ0v) is 11.8. The molecule has 0 saturated heterocycles. The van der Waals surface area contributed by atoms with Crippen LogP contribution in [-0.4, -0.2) is 21.8 Å². The smallest absolute Gasteiger partial charge is 0.164 e. The number of hydrogen-bond donors (Lipinski definition) is 1. The maximum atomic E-state index is 5.99. The van der Waals surface area contributed by atoms with Crippen LogP contribution in [-0.2, 0) is 19.7 Å². The van der Waals surface area contributed by atoms with Gasteiger partial charge in [-0.1, -0.05) is 11.6 Å². The van der Waals surface area contributed by atoms with Gasteiger partial charge in [0.05, 0.1) is 0 Å². The normalized spacial score (nSPS) is 10.7. The van der Waals surface area contributed by atoms with Crippen LogP contribution >= 0.6 is 11.6 Å². The van der Waals surface area contributed by atoms with Crippen LogP contribution in [0.25, 0.3) is 0 Å². The van der Waals surface area contributed by atoms with Crippen LogP contribution in [0.15, 0.2) is 24.5 Å². The second-order valence-electron chi connectivity index (χ2n) is 4.06. The van der Waals surface area contributed by atoms with Crippen molar-refractivity contribution < 1.29 is 4.74 Å². The van der Waals surface area contributed by atoms with E-state index in [1.54, 1.807) is 6.33 Å². The number of nitrogens with zero attached hydrogens (tertiary/aromatic N) is 3. The van der Waals surface area contributed by atoms with Crippen LogP contribution in [0.1, 0.15) is 18.3 Å². The van der Waals surface area contributed by atoms with E-state index in [9.17, 15) is 0 Å². The van der Waals surface area contributed by atoms with Gasteiger partial charge in [-0.2, -0.15) is 5.10 Å². The molecule has 1 heterocycles. The minimum Gasteiger partial charge on any atom is -0.485 e. The van der Waals surface area contributed by atoms with Gasteiger partial charge in [0.2, 0.25) is 0 Å². The second kappa shape index (κ2) is 6.54. The number of benzene rings is 1. The van der Waals surface area contributed by atoms with Gasteiger partial charge in [-0.05, 0) is 32.2 Å².